The van der Waals surface area contributed by atoms with Gasteiger partial charge in [-0.2, -0.15) is 0 Å². The van der Waals surface area contributed by atoms with Gasteiger partial charge in [-0.15, -0.1) is 0 Å². The first-order valence-electron chi connectivity index (χ1n) is 5.64. The van der Waals surface area contributed by atoms with Gasteiger partial charge in [0.25, 0.3) is 0 Å². The predicted molar refractivity (Wildman–Crippen MR) is 82.3 cm³/mol. The molecule has 2 aromatic carbocycles. The average molecular weight is 340 g/mol. The van der Waals surface area contributed by atoms with E-state index in [4.69, 9.17) is 17.3 Å². The van der Waals surface area contributed by atoms with Gasteiger partial charge in [0, 0.05) is 20.9 Å². The molecule has 98 valence electrons. The highest BCUT2D eigenvalue weighted by atomic mass is 79.9. The molecule has 0 fully saturated rings. The van der Waals surface area contributed by atoms with Gasteiger partial charge in [-0.1, -0.05) is 23.7 Å². The molecule has 2 rings (SSSR count). The third-order valence-corrected chi connectivity index (χ3v) is 3.50. The molecule has 0 unspecified atom stereocenters. The van der Waals surface area contributed by atoms with Gasteiger partial charge >= 0.3 is 0 Å². The van der Waals surface area contributed by atoms with Crippen LogP contribution in [0.25, 0.3) is 0 Å². The van der Waals surface area contributed by atoms with E-state index in [1.807, 2.05) is 12.1 Å². The van der Waals surface area contributed by atoms with Crippen LogP contribution in [0.4, 0.5) is 11.4 Å². The summed E-state index contributed by atoms with van der Waals surface area (Å²) in [5, 5.41) is 3.47. The number of nitrogen functional groups attached to an aromatic ring is 1. The van der Waals surface area contributed by atoms with E-state index in [2.05, 4.69) is 21.2 Å². The molecule has 3 N–H and O–H groups in total. The molecular weight excluding hydrogens is 328 g/mol. The van der Waals surface area contributed by atoms with Crippen LogP contribution in [0, 0.1) is 0 Å². The van der Waals surface area contributed by atoms with Gasteiger partial charge in [-0.05, 0) is 51.8 Å². The van der Waals surface area contributed by atoms with Crippen LogP contribution in [0.15, 0.2) is 46.9 Å². The first kappa shape index (κ1) is 13.9. The predicted octanol–water partition coefficient (Wildman–Crippen LogP) is 3.87. The molecule has 1 amide bonds. The second-order valence-electron chi connectivity index (χ2n) is 4.09. The van der Waals surface area contributed by atoms with Crippen molar-refractivity contribution < 1.29 is 4.79 Å². The van der Waals surface area contributed by atoms with Crippen molar-refractivity contribution in [2.45, 2.75) is 6.42 Å². The first-order chi connectivity index (χ1) is 9.04. The van der Waals surface area contributed by atoms with E-state index in [1.54, 1.807) is 30.3 Å². The minimum atomic E-state index is -0.0843. The molecule has 0 radical (unpaired) electrons. The second-order valence-corrected chi connectivity index (χ2v) is 5.38. The van der Waals surface area contributed by atoms with Crippen LogP contribution in [0.2, 0.25) is 5.02 Å². The number of nitrogens with two attached hydrogens (primary N) is 1. The lowest BCUT2D eigenvalue weighted by atomic mass is 10.1. The van der Waals surface area contributed by atoms with E-state index in [-0.39, 0.29) is 5.91 Å². The Morgan fingerprint density at radius 2 is 1.89 bits per heavy atom. The highest BCUT2D eigenvalue weighted by molar-refractivity contribution is 9.10. The fraction of sp³-hybridized carbons (Fsp3) is 0.0714. The number of carbonyl (C=O) groups is 1. The summed E-state index contributed by atoms with van der Waals surface area (Å²) in [7, 11) is 0. The van der Waals surface area contributed by atoms with Crippen LogP contribution < -0.4 is 11.1 Å². The van der Waals surface area contributed by atoms with Crippen LogP contribution in [0.3, 0.4) is 0 Å². The normalized spacial score (nSPS) is 10.2. The summed E-state index contributed by atoms with van der Waals surface area (Å²) < 4.78 is 0.761. The molecule has 2 aromatic rings. The molecule has 0 aliphatic rings. The third kappa shape index (κ3) is 3.98. The van der Waals surface area contributed by atoms with E-state index in [0.29, 0.717) is 22.8 Å². The zero-order valence-electron chi connectivity index (χ0n) is 9.99. The number of halogens is 2. The van der Waals surface area contributed by atoms with Crippen molar-refractivity contribution >= 4 is 44.8 Å². The summed E-state index contributed by atoms with van der Waals surface area (Å²) in [6.07, 6.45) is 0.305. The monoisotopic (exact) mass is 338 g/mol. The summed E-state index contributed by atoms with van der Waals surface area (Å²) in [6, 6.07) is 12.5. The van der Waals surface area contributed by atoms with Crippen molar-refractivity contribution in [3.05, 3.63) is 57.5 Å². The van der Waals surface area contributed by atoms with Gasteiger partial charge in [-0.3, -0.25) is 4.79 Å². The van der Waals surface area contributed by atoms with Crippen molar-refractivity contribution in [2.75, 3.05) is 11.1 Å². The Morgan fingerprint density at radius 1 is 1.21 bits per heavy atom. The Balaban J connectivity index is 2.01. The Morgan fingerprint density at radius 3 is 2.53 bits per heavy atom. The van der Waals surface area contributed by atoms with Gasteiger partial charge in [0.1, 0.15) is 0 Å². The molecule has 5 heteroatoms. The minimum absolute atomic E-state index is 0.0843. The van der Waals surface area contributed by atoms with Crippen molar-refractivity contribution in [2.24, 2.45) is 0 Å². The number of hydrogen-bond donors (Lipinski definition) is 2. The summed E-state index contributed by atoms with van der Waals surface area (Å²) in [5.41, 5.74) is 7.94. The number of hydrogen-bond acceptors (Lipinski definition) is 2. The molecule has 0 aliphatic carbocycles. The van der Waals surface area contributed by atoms with E-state index in [0.717, 1.165) is 10.0 Å². The highest BCUT2D eigenvalue weighted by Gasteiger charge is 2.05. The third-order valence-electron chi connectivity index (χ3n) is 2.56. The van der Waals surface area contributed by atoms with E-state index in [9.17, 15) is 4.79 Å². The number of amides is 1. The Bertz CT molecular complexity index is 599. The van der Waals surface area contributed by atoms with Crippen molar-refractivity contribution in [1.29, 1.82) is 0 Å². The molecule has 19 heavy (non-hydrogen) atoms. The number of nitrogens with one attached hydrogen (secondary N) is 1. The molecule has 3 nitrogen and oxygen atoms in total. The lowest BCUT2D eigenvalue weighted by molar-refractivity contribution is -0.115. The van der Waals surface area contributed by atoms with Gasteiger partial charge < -0.3 is 11.1 Å². The molecule has 0 atom stereocenters. The summed E-state index contributed by atoms with van der Waals surface area (Å²) in [5.74, 6) is -0.0843. The second kappa shape index (κ2) is 6.08. The topological polar surface area (TPSA) is 55.1 Å². The molecule has 0 spiro atoms. The standard InChI is InChI=1S/C14H12BrClN2O/c15-12-8-11(5-6-13(12)17)18-14(19)7-9-1-3-10(16)4-2-9/h1-6,8H,7,17H2,(H,18,19). The molecule has 0 heterocycles. The van der Waals surface area contributed by atoms with E-state index >= 15 is 0 Å². The maximum atomic E-state index is 11.9. The maximum Gasteiger partial charge on any atom is 0.228 e. The summed E-state index contributed by atoms with van der Waals surface area (Å²) in [6.45, 7) is 0. The van der Waals surface area contributed by atoms with Crippen molar-refractivity contribution in [3.63, 3.8) is 0 Å². The molecular formula is C14H12BrClN2O. The Kier molecular flexibility index (Phi) is 4.45. The van der Waals surface area contributed by atoms with Crippen LogP contribution in [-0.4, -0.2) is 5.91 Å². The van der Waals surface area contributed by atoms with Crippen molar-refractivity contribution in [3.8, 4) is 0 Å². The number of carbonyl (C=O) groups excluding carboxylic acids is 1. The maximum absolute atomic E-state index is 11.9. The van der Waals surface area contributed by atoms with Gasteiger partial charge in [0.2, 0.25) is 5.91 Å². The van der Waals surface area contributed by atoms with Crippen LogP contribution in [0.1, 0.15) is 5.56 Å². The molecule has 0 saturated heterocycles. The van der Waals surface area contributed by atoms with Crippen LogP contribution >= 0.6 is 27.5 Å². The number of anilines is 2. The first-order valence-corrected chi connectivity index (χ1v) is 6.81. The Hall–Kier alpha value is -1.52. The van der Waals surface area contributed by atoms with Crippen molar-refractivity contribution in [1.82, 2.24) is 0 Å². The van der Waals surface area contributed by atoms with Gasteiger partial charge in [0.05, 0.1) is 6.42 Å². The largest absolute Gasteiger partial charge is 0.398 e. The average Bonchev–Trinajstić information content (AvgIpc) is 2.37. The molecule has 0 bridgehead atoms. The number of benzene rings is 2. The highest BCUT2D eigenvalue weighted by Crippen LogP contribution is 2.23. The Labute approximate surface area is 124 Å². The van der Waals surface area contributed by atoms with Crippen LogP contribution in [-0.2, 0) is 11.2 Å². The quantitative estimate of drug-likeness (QED) is 0.834. The smallest absolute Gasteiger partial charge is 0.228 e. The van der Waals surface area contributed by atoms with Gasteiger partial charge in [-0.25, -0.2) is 0 Å². The van der Waals surface area contributed by atoms with E-state index in [1.165, 1.54) is 0 Å². The summed E-state index contributed by atoms with van der Waals surface area (Å²) >= 11 is 9.11. The fourth-order valence-corrected chi connectivity index (χ4v) is 2.10. The molecule has 0 saturated carbocycles. The zero-order valence-corrected chi connectivity index (χ0v) is 12.3. The number of rotatable bonds is 3. The van der Waals surface area contributed by atoms with Gasteiger partial charge in [0.15, 0.2) is 0 Å². The zero-order chi connectivity index (χ0) is 13.8. The summed E-state index contributed by atoms with van der Waals surface area (Å²) in [4.78, 5) is 11.9. The lowest BCUT2D eigenvalue weighted by Gasteiger charge is -2.07. The molecule has 0 aliphatic heterocycles. The van der Waals surface area contributed by atoms with E-state index < -0.39 is 0 Å². The minimum Gasteiger partial charge on any atom is -0.398 e. The lowest BCUT2D eigenvalue weighted by Crippen LogP contribution is -2.14. The SMILES string of the molecule is Nc1ccc(NC(=O)Cc2ccc(Cl)cc2)cc1Br. The van der Waals surface area contributed by atoms with Crippen LogP contribution in [0.5, 0.6) is 0 Å². The molecule has 0 aromatic heterocycles. The fourth-order valence-electron chi connectivity index (χ4n) is 1.60.